The molecule has 2 rings (SSSR count). The summed E-state index contributed by atoms with van der Waals surface area (Å²) in [4.78, 5) is 52.7. The van der Waals surface area contributed by atoms with Crippen LogP contribution in [0.15, 0.2) is 36.4 Å². The molecular weight excluding hydrogens is 608 g/mol. The van der Waals surface area contributed by atoms with Gasteiger partial charge >= 0.3 is 0 Å². The summed E-state index contributed by atoms with van der Waals surface area (Å²) >= 11 is 0. The van der Waals surface area contributed by atoms with Gasteiger partial charge in [-0.3, -0.25) is 40.9 Å². The van der Waals surface area contributed by atoms with Gasteiger partial charge in [-0.2, -0.15) is 0 Å². The monoisotopic (exact) mass is 666 g/mol. The molecule has 0 atom stereocenters. The lowest BCUT2D eigenvalue weighted by Gasteiger charge is -2.27. The molecular formula is C38H58N4O6. The Morgan fingerprint density at radius 3 is 1.31 bits per heavy atom. The highest BCUT2D eigenvalue weighted by molar-refractivity contribution is 6.07. The Balaban J connectivity index is 2.06. The van der Waals surface area contributed by atoms with Gasteiger partial charge in [-0.05, 0) is 74.4 Å². The van der Waals surface area contributed by atoms with E-state index in [1.807, 2.05) is 0 Å². The molecule has 2 aromatic carbocycles. The molecule has 0 bridgehead atoms. The van der Waals surface area contributed by atoms with Crippen molar-refractivity contribution < 1.29 is 29.4 Å². The maximum atomic E-state index is 13.5. The van der Waals surface area contributed by atoms with E-state index in [0.29, 0.717) is 6.42 Å². The Labute approximate surface area is 286 Å². The number of nitrogens with one attached hydrogen (secondary N) is 4. The molecule has 2 aromatic rings. The number of rotatable bonds is 21. The molecule has 0 spiro atoms. The summed E-state index contributed by atoms with van der Waals surface area (Å²) in [5, 5.41) is 21.0. The van der Waals surface area contributed by atoms with Crippen molar-refractivity contribution in [2.24, 2.45) is 5.41 Å². The van der Waals surface area contributed by atoms with Crippen molar-refractivity contribution in [3.05, 3.63) is 58.7 Å². The number of phenolic OH excluding ortho intramolecular Hbond substituents is 2. The molecule has 0 aliphatic heterocycles. The number of carbonyl (C=O) groups excluding carboxylic acids is 4. The van der Waals surface area contributed by atoms with Crippen LogP contribution in [0.2, 0.25) is 0 Å². The first-order chi connectivity index (χ1) is 23.1. The zero-order chi connectivity index (χ0) is 35.4. The highest BCUT2D eigenvalue weighted by Crippen LogP contribution is 2.27. The lowest BCUT2D eigenvalue weighted by molar-refractivity contribution is -0.144. The molecule has 48 heavy (non-hydrogen) atoms. The van der Waals surface area contributed by atoms with E-state index in [1.54, 1.807) is 24.3 Å². The van der Waals surface area contributed by atoms with Crippen LogP contribution < -0.4 is 21.7 Å². The van der Waals surface area contributed by atoms with Crippen molar-refractivity contribution in [1.29, 1.82) is 0 Å². The van der Waals surface area contributed by atoms with Gasteiger partial charge in [0, 0.05) is 0 Å². The molecule has 6 N–H and O–H groups in total. The van der Waals surface area contributed by atoms with Gasteiger partial charge in [-0.1, -0.05) is 110 Å². The first kappa shape index (κ1) is 40.1. The number of benzene rings is 2. The largest absolute Gasteiger partial charge is 0.507 e. The van der Waals surface area contributed by atoms with E-state index in [4.69, 9.17) is 0 Å². The molecule has 0 fully saturated rings. The van der Waals surface area contributed by atoms with Crippen molar-refractivity contribution in [2.45, 2.75) is 137 Å². The van der Waals surface area contributed by atoms with Gasteiger partial charge < -0.3 is 10.2 Å². The molecule has 0 aromatic heterocycles. The van der Waals surface area contributed by atoms with Crippen molar-refractivity contribution in [3.8, 4) is 11.5 Å². The van der Waals surface area contributed by atoms with Gasteiger partial charge in [0.15, 0.2) is 0 Å². The summed E-state index contributed by atoms with van der Waals surface area (Å²) in [6.07, 6.45) is 16.0. The number of phenols is 2. The van der Waals surface area contributed by atoms with Crippen LogP contribution in [0.1, 0.15) is 156 Å². The first-order valence-electron chi connectivity index (χ1n) is 17.9. The first-order valence-corrected chi connectivity index (χ1v) is 17.9. The maximum absolute atomic E-state index is 13.5. The maximum Gasteiger partial charge on any atom is 0.273 e. The molecule has 0 aliphatic rings. The van der Waals surface area contributed by atoms with Crippen molar-refractivity contribution in [1.82, 2.24) is 21.7 Å². The van der Waals surface area contributed by atoms with E-state index in [1.165, 1.54) is 19.1 Å². The summed E-state index contributed by atoms with van der Waals surface area (Å²) in [5.41, 5.74) is 9.52. The Bertz CT molecular complexity index is 1240. The van der Waals surface area contributed by atoms with Gasteiger partial charge in [0.25, 0.3) is 23.6 Å². The van der Waals surface area contributed by atoms with Crippen LogP contribution >= 0.6 is 0 Å². The Morgan fingerprint density at radius 2 is 0.917 bits per heavy atom. The standard InChI is InChI=1S/C38H58N4O6/c1-5-8-11-14-15-18-25-38(4,36(47)41-39-34(45)30-23-21-28(26-32(30)43)19-16-12-9-6-2)37(48)42-40-35(46)31-24-22-29(27-33(31)44)20-17-13-10-7-3/h21-24,26-27,43-44H,5-20,25H2,1-4H3,(H,39,45)(H,40,46)(H,41,47)(H,42,48). The fourth-order valence-corrected chi connectivity index (χ4v) is 5.59. The molecule has 266 valence electrons. The second kappa shape index (κ2) is 21.7. The SMILES string of the molecule is CCCCCCCCC(C)(C(=O)NNC(=O)c1ccc(CCCCCC)cc1O)C(=O)NNC(=O)c1ccc(CCCCCC)cc1O. The minimum atomic E-state index is -1.65. The van der Waals surface area contributed by atoms with E-state index in [-0.39, 0.29) is 29.0 Å². The topological polar surface area (TPSA) is 157 Å². The van der Waals surface area contributed by atoms with Crippen LogP contribution in [0.25, 0.3) is 0 Å². The van der Waals surface area contributed by atoms with Crippen LogP contribution in [0.3, 0.4) is 0 Å². The quantitative estimate of drug-likeness (QED) is 0.0466. The lowest BCUT2D eigenvalue weighted by atomic mass is 9.82. The van der Waals surface area contributed by atoms with Gasteiger partial charge in [-0.25, -0.2) is 0 Å². The molecule has 0 saturated heterocycles. The normalized spacial score (nSPS) is 11.2. The van der Waals surface area contributed by atoms with Gasteiger partial charge in [0.2, 0.25) is 0 Å². The van der Waals surface area contributed by atoms with Gasteiger partial charge in [0.1, 0.15) is 16.9 Å². The number of aryl methyl sites for hydroxylation is 2. The molecule has 10 heteroatoms. The molecule has 0 heterocycles. The van der Waals surface area contributed by atoms with Gasteiger partial charge in [0.05, 0.1) is 11.1 Å². The van der Waals surface area contributed by atoms with E-state index in [2.05, 4.69) is 42.5 Å². The summed E-state index contributed by atoms with van der Waals surface area (Å²) in [6, 6.07) is 9.69. The number of unbranched alkanes of at least 4 members (excludes halogenated alkanes) is 11. The Hall–Kier alpha value is -4.08. The third kappa shape index (κ3) is 13.2. The minimum absolute atomic E-state index is 0.00580. The fourth-order valence-electron chi connectivity index (χ4n) is 5.59. The van der Waals surface area contributed by atoms with E-state index in [9.17, 15) is 29.4 Å². The fraction of sp³-hybridized carbons (Fsp3) is 0.579. The van der Waals surface area contributed by atoms with E-state index < -0.39 is 29.0 Å². The predicted molar refractivity (Wildman–Crippen MR) is 189 cm³/mol. The van der Waals surface area contributed by atoms with Crippen LogP contribution in [0, 0.1) is 5.41 Å². The number of amides is 4. The third-order valence-electron chi connectivity index (χ3n) is 8.86. The van der Waals surface area contributed by atoms with Crippen LogP contribution in [0.4, 0.5) is 0 Å². The molecule has 10 nitrogen and oxygen atoms in total. The molecule has 0 unspecified atom stereocenters. The number of hydrogen-bond donors (Lipinski definition) is 6. The van der Waals surface area contributed by atoms with E-state index >= 15 is 0 Å². The molecule has 4 amide bonds. The van der Waals surface area contributed by atoms with Crippen LogP contribution in [-0.4, -0.2) is 33.8 Å². The molecule has 0 saturated carbocycles. The average molecular weight is 667 g/mol. The van der Waals surface area contributed by atoms with Gasteiger partial charge in [-0.15, -0.1) is 0 Å². The zero-order valence-corrected chi connectivity index (χ0v) is 29.5. The zero-order valence-electron chi connectivity index (χ0n) is 29.5. The summed E-state index contributed by atoms with van der Waals surface area (Å²) in [7, 11) is 0. The number of carbonyl (C=O) groups is 4. The summed E-state index contributed by atoms with van der Waals surface area (Å²) < 4.78 is 0. The number of hydrazine groups is 2. The second-order valence-corrected chi connectivity index (χ2v) is 13.0. The number of hydrogen-bond acceptors (Lipinski definition) is 6. The second-order valence-electron chi connectivity index (χ2n) is 13.0. The lowest BCUT2D eigenvalue weighted by Crippen LogP contribution is -2.57. The van der Waals surface area contributed by atoms with Crippen molar-refractivity contribution >= 4 is 23.6 Å². The molecule has 0 aliphatic carbocycles. The summed E-state index contributed by atoms with van der Waals surface area (Å²) in [5.74, 6) is -3.37. The average Bonchev–Trinajstić information content (AvgIpc) is 3.07. The predicted octanol–water partition coefficient (Wildman–Crippen LogP) is 7.32. The minimum Gasteiger partial charge on any atom is -0.507 e. The molecule has 0 radical (unpaired) electrons. The Morgan fingerprint density at radius 1 is 0.542 bits per heavy atom. The summed E-state index contributed by atoms with van der Waals surface area (Å²) in [6.45, 7) is 7.86. The van der Waals surface area contributed by atoms with Crippen LogP contribution in [-0.2, 0) is 22.4 Å². The highest BCUT2D eigenvalue weighted by atomic mass is 16.3. The highest BCUT2D eigenvalue weighted by Gasteiger charge is 2.41. The van der Waals surface area contributed by atoms with Crippen molar-refractivity contribution in [3.63, 3.8) is 0 Å². The smallest absolute Gasteiger partial charge is 0.273 e. The Kier molecular flexibility index (Phi) is 18.1. The van der Waals surface area contributed by atoms with Crippen molar-refractivity contribution in [2.75, 3.05) is 0 Å². The van der Waals surface area contributed by atoms with E-state index in [0.717, 1.165) is 107 Å². The van der Waals surface area contributed by atoms with Crippen LogP contribution in [0.5, 0.6) is 11.5 Å². The number of aromatic hydroxyl groups is 2. The third-order valence-corrected chi connectivity index (χ3v) is 8.86.